The van der Waals surface area contributed by atoms with Crippen LogP contribution < -0.4 is 0 Å². The van der Waals surface area contributed by atoms with Crippen molar-refractivity contribution in [3.8, 4) is 0 Å². The lowest BCUT2D eigenvalue weighted by molar-refractivity contribution is 0.200. The Morgan fingerprint density at radius 1 is 1.05 bits per heavy atom. The fourth-order valence-corrected chi connectivity index (χ4v) is 3.57. The van der Waals surface area contributed by atoms with Gasteiger partial charge in [-0.2, -0.15) is 0 Å². The molecule has 21 heavy (non-hydrogen) atoms. The second kappa shape index (κ2) is 5.16. The van der Waals surface area contributed by atoms with Crippen LogP contribution in [-0.4, -0.2) is 5.11 Å². The van der Waals surface area contributed by atoms with Gasteiger partial charge in [0.1, 0.15) is 0 Å². The standard InChI is InChI=1S/C20H22O/c1-12-11-13(2)19(14(12)3)18-10-9-16-7-5-6-8-17(16)20(18)15(4)21/h5-11,13,15,21H,1-4H3. The first-order valence-electron chi connectivity index (χ1n) is 7.60. The van der Waals surface area contributed by atoms with E-state index in [-0.39, 0.29) is 0 Å². The van der Waals surface area contributed by atoms with Crippen molar-refractivity contribution in [2.45, 2.75) is 33.8 Å². The maximum Gasteiger partial charge on any atom is 0.0773 e. The van der Waals surface area contributed by atoms with Crippen molar-refractivity contribution in [3.63, 3.8) is 0 Å². The summed E-state index contributed by atoms with van der Waals surface area (Å²) in [6.07, 6.45) is 1.84. The molecule has 1 nitrogen and oxygen atoms in total. The van der Waals surface area contributed by atoms with Crippen molar-refractivity contribution >= 4 is 16.3 Å². The van der Waals surface area contributed by atoms with E-state index in [4.69, 9.17) is 0 Å². The highest BCUT2D eigenvalue weighted by Gasteiger charge is 2.23. The lowest BCUT2D eigenvalue weighted by Crippen LogP contribution is -2.03. The average Bonchev–Trinajstić information content (AvgIpc) is 2.70. The first-order valence-corrected chi connectivity index (χ1v) is 7.60. The van der Waals surface area contributed by atoms with Crippen molar-refractivity contribution in [2.24, 2.45) is 5.92 Å². The Labute approximate surface area is 126 Å². The largest absolute Gasteiger partial charge is 0.389 e. The molecular formula is C20H22O. The van der Waals surface area contributed by atoms with E-state index < -0.39 is 6.10 Å². The maximum absolute atomic E-state index is 10.4. The number of rotatable bonds is 2. The van der Waals surface area contributed by atoms with E-state index in [1.807, 2.05) is 19.1 Å². The first kappa shape index (κ1) is 14.1. The van der Waals surface area contributed by atoms with Crippen molar-refractivity contribution in [2.75, 3.05) is 0 Å². The molecule has 2 aromatic rings. The molecule has 1 aliphatic carbocycles. The summed E-state index contributed by atoms with van der Waals surface area (Å²) in [4.78, 5) is 0. The van der Waals surface area contributed by atoms with Gasteiger partial charge in [-0.25, -0.2) is 0 Å². The van der Waals surface area contributed by atoms with Crippen molar-refractivity contribution in [1.29, 1.82) is 0 Å². The van der Waals surface area contributed by atoms with Gasteiger partial charge < -0.3 is 5.11 Å². The Kier molecular flexibility index (Phi) is 3.46. The normalized spacial score (nSPS) is 20.0. The zero-order chi connectivity index (χ0) is 15.1. The molecular weight excluding hydrogens is 256 g/mol. The van der Waals surface area contributed by atoms with Gasteiger partial charge in [-0.3, -0.25) is 0 Å². The van der Waals surface area contributed by atoms with Gasteiger partial charge in [-0.15, -0.1) is 0 Å². The summed E-state index contributed by atoms with van der Waals surface area (Å²) < 4.78 is 0. The summed E-state index contributed by atoms with van der Waals surface area (Å²) in [5.41, 5.74) is 6.30. The van der Waals surface area contributed by atoms with Crippen molar-refractivity contribution < 1.29 is 5.11 Å². The number of aliphatic hydroxyl groups excluding tert-OH is 1. The Hall–Kier alpha value is -1.86. The van der Waals surface area contributed by atoms with Crippen LogP contribution in [0.3, 0.4) is 0 Å². The van der Waals surface area contributed by atoms with Crippen molar-refractivity contribution in [1.82, 2.24) is 0 Å². The van der Waals surface area contributed by atoms with Gasteiger partial charge in [0.25, 0.3) is 0 Å². The molecule has 0 aromatic heterocycles. The minimum Gasteiger partial charge on any atom is -0.389 e. The Bertz CT molecular complexity index is 763. The molecule has 1 aliphatic rings. The predicted molar refractivity (Wildman–Crippen MR) is 90.1 cm³/mol. The zero-order valence-corrected chi connectivity index (χ0v) is 13.1. The van der Waals surface area contributed by atoms with Gasteiger partial charge in [0.2, 0.25) is 0 Å². The highest BCUT2D eigenvalue weighted by Crippen LogP contribution is 2.42. The van der Waals surface area contributed by atoms with E-state index in [0.29, 0.717) is 5.92 Å². The zero-order valence-electron chi connectivity index (χ0n) is 13.1. The molecule has 3 rings (SSSR count). The topological polar surface area (TPSA) is 20.2 Å². The van der Waals surface area contributed by atoms with Crippen LogP contribution in [0.2, 0.25) is 0 Å². The quantitative estimate of drug-likeness (QED) is 0.794. The van der Waals surface area contributed by atoms with Crippen LogP contribution in [0.15, 0.2) is 53.6 Å². The second-order valence-electron chi connectivity index (χ2n) is 6.10. The van der Waals surface area contributed by atoms with Gasteiger partial charge in [-0.05, 0) is 53.8 Å². The summed E-state index contributed by atoms with van der Waals surface area (Å²) in [5, 5.41) is 12.7. The molecule has 0 spiro atoms. The number of fused-ring (bicyclic) bond motifs is 1. The SMILES string of the molecule is CC1=CC(C)C(c2ccc3ccccc3c2C(C)O)=C1C. The summed E-state index contributed by atoms with van der Waals surface area (Å²) >= 11 is 0. The summed E-state index contributed by atoms with van der Waals surface area (Å²) in [5.74, 6) is 0.406. The van der Waals surface area contributed by atoms with Crippen LogP contribution in [0.25, 0.3) is 16.3 Å². The number of hydrogen-bond acceptors (Lipinski definition) is 1. The number of allylic oxidation sites excluding steroid dienone is 4. The summed E-state index contributed by atoms with van der Waals surface area (Å²) in [7, 11) is 0. The fraction of sp³-hybridized carbons (Fsp3) is 0.300. The van der Waals surface area contributed by atoms with Crippen LogP contribution in [0.1, 0.15) is 44.9 Å². The highest BCUT2D eigenvalue weighted by atomic mass is 16.3. The average molecular weight is 278 g/mol. The summed E-state index contributed by atoms with van der Waals surface area (Å²) in [6.45, 7) is 8.45. The number of hydrogen-bond donors (Lipinski definition) is 1. The van der Waals surface area contributed by atoms with Crippen LogP contribution in [0, 0.1) is 5.92 Å². The van der Waals surface area contributed by atoms with Gasteiger partial charge in [0.05, 0.1) is 6.10 Å². The third kappa shape index (κ3) is 2.22. The fourth-order valence-electron chi connectivity index (χ4n) is 3.57. The Morgan fingerprint density at radius 2 is 1.76 bits per heavy atom. The minimum absolute atomic E-state index is 0.406. The molecule has 1 N–H and O–H groups in total. The van der Waals surface area contributed by atoms with Crippen LogP contribution in [0.5, 0.6) is 0 Å². The maximum atomic E-state index is 10.4. The van der Waals surface area contributed by atoms with E-state index in [1.165, 1.54) is 27.7 Å². The van der Waals surface area contributed by atoms with Gasteiger partial charge in [0, 0.05) is 5.92 Å². The second-order valence-corrected chi connectivity index (χ2v) is 6.10. The van der Waals surface area contributed by atoms with Crippen molar-refractivity contribution in [3.05, 3.63) is 64.7 Å². The summed E-state index contributed by atoms with van der Waals surface area (Å²) in [6, 6.07) is 12.6. The van der Waals surface area contributed by atoms with Gasteiger partial charge in [0.15, 0.2) is 0 Å². The van der Waals surface area contributed by atoms with E-state index in [0.717, 1.165) is 10.9 Å². The molecule has 0 radical (unpaired) electrons. The molecule has 0 fully saturated rings. The highest BCUT2D eigenvalue weighted by molar-refractivity contribution is 5.92. The molecule has 0 saturated heterocycles. The van der Waals surface area contributed by atoms with Gasteiger partial charge >= 0.3 is 0 Å². The number of aliphatic hydroxyl groups is 1. The van der Waals surface area contributed by atoms with Gasteiger partial charge in [-0.1, -0.05) is 55.0 Å². The van der Waals surface area contributed by atoms with Crippen LogP contribution in [-0.2, 0) is 0 Å². The molecule has 2 aromatic carbocycles. The molecule has 0 heterocycles. The van der Waals surface area contributed by atoms with Crippen LogP contribution in [0.4, 0.5) is 0 Å². The third-order valence-electron chi connectivity index (χ3n) is 4.63. The molecule has 1 heteroatoms. The molecule has 2 unspecified atom stereocenters. The molecule has 0 amide bonds. The Balaban J connectivity index is 2.32. The first-order chi connectivity index (χ1) is 10.0. The third-order valence-corrected chi connectivity index (χ3v) is 4.63. The lowest BCUT2D eigenvalue weighted by Gasteiger charge is -2.20. The Morgan fingerprint density at radius 3 is 2.38 bits per heavy atom. The molecule has 0 saturated carbocycles. The molecule has 108 valence electrons. The number of benzene rings is 2. The van der Waals surface area contributed by atoms with Crippen LogP contribution >= 0.6 is 0 Å². The molecule has 2 atom stereocenters. The monoisotopic (exact) mass is 278 g/mol. The minimum atomic E-state index is -0.473. The smallest absolute Gasteiger partial charge is 0.0773 e. The van der Waals surface area contributed by atoms with E-state index in [9.17, 15) is 5.11 Å². The van der Waals surface area contributed by atoms with E-state index in [1.54, 1.807) is 0 Å². The molecule has 0 aliphatic heterocycles. The van der Waals surface area contributed by atoms with E-state index >= 15 is 0 Å². The molecule has 0 bridgehead atoms. The predicted octanol–water partition coefficient (Wildman–Crippen LogP) is 5.26. The lowest BCUT2D eigenvalue weighted by atomic mass is 9.86. The van der Waals surface area contributed by atoms with E-state index in [2.05, 4.69) is 51.1 Å².